The van der Waals surface area contributed by atoms with Crippen molar-refractivity contribution < 1.29 is 5.11 Å². The minimum atomic E-state index is -0.137. The summed E-state index contributed by atoms with van der Waals surface area (Å²) >= 11 is 0. The molecule has 0 unspecified atom stereocenters. The van der Waals surface area contributed by atoms with E-state index in [0.29, 0.717) is 6.04 Å². The minimum Gasteiger partial charge on any atom is -0.393 e. The van der Waals surface area contributed by atoms with Crippen LogP contribution in [-0.4, -0.2) is 31.9 Å². The number of aliphatic hydroxyl groups excluding tert-OH is 1. The molecule has 3 aromatic rings. The molecule has 0 saturated heterocycles. The lowest BCUT2D eigenvalue weighted by molar-refractivity contribution is 0.126. The number of hydrogen-bond acceptors (Lipinski definition) is 4. The summed E-state index contributed by atoms with van der Waals surface area (Å²) in [5, 5.41) is 17.8. The first-order valence-electron chi connectivity index (χ1n) is 8.14. The van der Waals surface area contributed by atoms with Crippen LogP contribution in [0, 0.1) is 0 Å². The van der Waals surface area contributed by atoms with Gasteiger partial charge in [0.1, 0.15) is 5.82 Å². The van der Waals surface area contributed by atoms with E-state index in [4.69, 9.17) is 5.10 Å². The van der Waals surface area contributed by atoms with E-state index in [0.717, 1.165) is 48.4 Å². The maximum absolute atomic E-state index is 9.61. The zero-order valence-electron chi connectivity index (χ0n) is 12.9. The van der Waals surface area contributed by atoms with Gasteiger partial charge < -0.3 is 10.4 Å². The lowest BCUT2D eigenvalue weighted by atomic mass is 9.93. The van der Waals surface area contributed by atoms with Crippen LogP contribution < -0.4 is 5.32 Å². The lowest BCUT2D eigenvalue weighted by Crippen LogP contribution is -2.28. The van der Waals surface area contributed by atoms with Gasteiger partial charge in [-0.15, -0.1) is 5.10 Å². The summed E-state index contributed by atoms with van der Waals surface area (Å²) in [5.41, 5.74) is 2.93. The number of benzene rings is 1. The smallest absolute Gasteiger partial charge is 0.154 e. The molecule has 1 aromatic carbocycles. The van der Waals surface area contributed by atoms with Crippen molar-refractivity contribution >= 4 is 11.5 Å². The molecule has 1 aliphatic rings. The van der Waals surface area contributed by atoms with E-state index in [1.165, 1.54) is 0 Å². The maximum Gasteiger partial charge on any atom is 0.154 e. The van der Waals surface area contributed by atoms with Gasteiger partial charge in [-0.3, -0.25) is 0 Å². The second-order valence-corrected chi connectivity index (χ2v) is 6.15. The number of rotatable bonds is 3. The summed E-state index contributed by atoms with van der Waals surface area (Å²) in [6.45, 7) is 0. The molecule has 2 aromatic heterocycles. The van der Waals surface area contributed by atoms with Crippen LogP contribution in [-0.2, 0) is 0 Å². The van der Waals surface area contributed by atoms with Crippen LogP contribution in [0.25, 0.3) is 16.9 Å². The van der Waals surface area contributed by atoms with Gasteiger partial charge in [0.15, 0.2) is 5.65 Å². The number of aromatic nitrogens is 3. The molecule has 1 fully saturated rings. The van der Waals surface area contributed by atoms with Crippen LogP contribution in [0.2, 0.25) is 0 Å². The molecule has 5 nitrogen and oxygen atoms in total. The van der Waals surface area contributed by atoms with Gasteiger partial charge in [-0.2, -0.15) is 0 Å². The van der Waals surface area contributed by atoms with Crippen LogP contribution >= 0.6 is 0 Å². The number of anilines is 1. The van der Waals surface area contributed by atoms with Crippen molar-refractivity contribution in [3.8, 4) is 11.3 Å². The third-order valence-electron chi connectivity index (χ3n) is 4.48. The average Bonchev–Trinajstić information content (AvgIpc) is 3.01. The van der Waals surface area contributed by atoms with Crippen molar-refractivity contribution in [2.24, 2.45) is 0 Å². The van der Waals surface area contributed by atoms with E-state index >= 15 is 0 Å². The van der Waals surface area contributed by atoms with Gasteiger partial charge in [-0.25, -0.2) is 9.50 Å². The second-order valence-electron chi connectivity index (χ2n) is 6.15. The molecule has 118 valence electrons. The molecule has 0 amide bonds. The molecule has 4 rings (SSSR count). The molecular weight excluding hydrogens is 288 g/mol. The molecule has 0 aliphatic heterocycles. The maximum atomic E-state index is 9.61. The van der Waals surface area contributed by atoms with E-state index in [9.17, 15) is 5.11 Å². The van der Waals surface area contributed by atoms with Crippen molar-refractivity contribution in [1.29, 1.82) is 0 Å². The predicted octanol–water partition coefficient (Wildman–Crippen LogP) is 3.11. The monoisotopic (exact) mass is 308 g/mol. The highest BCUT2D eigenvalue weighted by Gasteiger charge is 2.19. The topological polar surface area (TPSA) is 62.5 Å². The van der Waals surface area contributed by atoms with Crippen molar-refractivity contribution in [1.82, 2.24) is 14.6 Å². The Morgan fingerprint density at radius 1 is 1.00 bits per heavy atom. The van der Waals surface area contributed by atoms with Crippen LogP contribution in [0.3, 0.4) is 0 Å². The Morgan fingerprint density at radius 3 is 2.57 bits per heavy atom. The van der Waals surface area contributed by atoms with Gasteiger partial charge in [0.05, 0.1) is 18.0 Å². The van der Waals surface area contributed by atoms with Crippen LogP contribution in [0.5, 0.6) is 0 Å². The third kappa shape index (κ3) is 2.92. The SMILES string of the molecule is O[C@H]1CC[C@H](Nc2ccc3ncc(-c4ccccc4)n3n2)CC1. The molecular formula is C18H20N4O. The first-order chi connectivity index (χ1) is 11.3. The zero-order chi connectivity index (χ0) is 15.6. The van der Waals surface area contributed by atoms with Crippen molar-refractivity contribution in [3.63, 3.8) is 0 Å². The van der Waals surface area contributed by atoms with E-state index in [-0.39, 0.29) is 6.10 Å². The molecule has 2 heterocycles. The molecule has 23 heavy (non-hydrogen) atoms. The van der Waals surface area contributed by atoms with Gasteiger partial charge in [-0.05, 0) is 37.8 Å². The summed E-state index contributed by atoms with van der Waals surface area (Å²) in [5.74, 6) is 0.856. The van der Waals surface area contributed by atoms with Crippen molar-refractivity contribution in [2.75, 3.05) is 5.32 Å². The number of fused-ring (bicyclic) bond motifs is 1. The van der Waals surface area contributed by atoms with Gasteiger partial charge in [0, 0.05) is 11.6 Å². The number of imidazole rings is 1. The van der Waals surface area contributed by atoms with Gasteiger partial charge in [-0.1, -0.05) is 30.3 Å². The minimum absolute atomic E-state index is 0.137. The molecule has 1 saturated carbocycles. The molecule has 5 heteroatoms. The molecule has 0 radical (unpaired) electrons. The van der Waals surface area contributed by atoms with E-state index < -0.39 is 0 Å². The van der Waals surface area contributed by atoms with Crippen LogP contribution in [0.15, 0.2) is 48.7 Å². The fraction of sp³-hybridized carbons (Fsp3) is 0.333. The Labute approximate surface area is 135 Å². The standard InChI is InChI=1S/C18H20N4O/c23-15-8-6-14(7-9-15)20-17-10-11-18-19-12-16(22(18)21-17)13-4-2-1-3-5-13/h1-5,10-12,14-15,23H,6-9H2,(H,20,21)/t14-,15-. The van der Waals surface area contributed by atoms with Crippen molar-refractivity contribution in [3.05, 3.63) is 48.7 Å². The Morgan fingerprint density at radius 2 is 1.78 bits per heavy atom. The van der Waals surface area contributed by atoms with Crippen molar-refractivity contribution in [2.45, 2.75) is 37.8 Å². The Balaban J connectivity index is 1.62. The lowest BCUT2D eigenvalue weighted by Gasteiger charge is -2.26. The van der Waals surface area contributed by atoms with Gasteiger partial charge in [0.2, 0.25) is 0 Å². The third-order valence-corrected chi connectivity index (χ3v) is 4.48. The highest BCUT2D eigenvalue weighted by atomic mass is 16.3. The van der Waals surface area contributed by atoms with Crippen LogP contribution in [0.4, 0.5) is 5.82 Å². The fourth-order valence-corrected chi connectivity index (χ4v) is 3.19. The molecule has 1 aliphatic carbocycles. The quantitative estimate of drug-likeness (QED) is 0.780. The first-order valence-corrected chi connectivity index (χ1v) is 8.14. The summed E-state index contributed by atoms with van der Waals surface area (Å²) < 4.78 is 1.88. The zero-order valence-corrected chi connectivity index (χ0v) is 12.9. The summed E-state index contributed by atoms with van der Waals surface area (Å²) in [7, 11) is 0. The van der Waals surface area contributed by atoms with Gasteiger partial charge >= 0.3 is 0 Å². The average molecular weight is 308 g/mol. The van der Waals surface area contributed by atoms with E-state index in [1.54, 1.807) is 0 Å². The Hall–Kier alpha value is -2.40. The van der Waals surface area contributed by atoms with E-state index in [1.807, 2.05) is 41.0 Å². The predicted molar refractivity (Wildman–Crippen MR) is 90.3 cm³/mol. The number of nitrogens with one attached hydrogen (secondary N) is 1. The molecule has 0 spiro atoms. The highest BCUT2D eigenvalue weighted by molar-refractivity contribution is 5.63. The largest absolute Gasteiger partial charge is 0.393 e. The van der Waals surface area contributed by atoms with Gasteiger partial charge in [0.25, 0.3) is 0 Å². The molecule has 0 atom stereocenters. The Bertz CT molecular complexity index is 791. The normalized spacial score (nSPS) is 21.4. The summed E-state index contributed by atoms with van der Waals surface area (Å²) in [4.78, 5) is 4.43. The van der Waals surface area contributed by atoms with E-state index in [2.05, 4.69) is 22.4 Å². The molecule has 0 bridgehead atoms. The fourth-order valence-electron chi connectivity index (χ4n) is 3.19. The Kier molecular flexibility index (Phi) is 3.71. The summed E-state index contributed by atoms with van der Waals surface area (Å²) in [6, 6.07) is 14.5. The van der Waals surface area contributed by atoms with Crippen LogP contribution in [0.1, 0.15) is 25.7 Å². The summed E-state index contributed by atoms with van der Waals surface area (Å²) in [6.07, 6.45) is 5.41. The number of hydrogen-bond donors (Lipinski definition) is 2. The number of aliphatic hydroxyl groups is 1. The number of nitrogens with zero attached hydrogens (tertiary/aromatic N) is 3. The second kappa shape index (κ2) is 6.01. The molecule has 2 N–H and O–H groups in total. The first kappa shape index (κ1) is 14.2. The highest BCUT2D eigenvalue weighted by Crippen LogP contribution is 2.23.